The standard InChI is InChI=1S/C14H21N3O3S/c1-10-11(9-18)21-12(15-10)16-5-7-17(8-6-16)13(19)20-14(2,3)4/h9H,5-8H2,1-4H3. The second kappa shape index (κ2) is 6.01. The van der Waals surface area contributed by atoms with Gasteiger partial charge in [-0.3, -0.25) is 4.79 Å². The van der Waals surface area contributed by atoms with Gasteiger partial charge >= 0.3 is 6.09 Å². The van der Waals surface area contributed by atoms with Gasteiger partial charge in [0, 0.05) is 26.2 Å². The van der Waals surface area contributed by atoms with Gasteiger partial charge in [-0.1, -0.05) is 11.3 Å². The fourth-order valence-electron chi connectivity index (χ4n) is 2.04. The van der Waals surface area contributed by atoms with Crippen LogP contribution in [0.15, 0.2) is 0 Å². The molecule has 1 fully saturated rings. The van der Waals surface area contributed by atoms with Crippen LogP contribution in [0.1, 0.15) is 36.1 Å². The Bertz CT molecular complexity index is 528. The smallest absolute Gasteiger partial charge is 0.410 e. The van der Waals surface area contributed by atoms with Crippen molar-refractivity contribution in [2.24, 2.45) is 0 Å². The lowest BCUT2D eigenvalue weighted by molar-refractivity contribution is 0.0240. The summed E-state index contributed by atoms with van der Waals surface area (Å²) in [6.07, 6.45) is 0.569. The van der Waals surface area contributed by atoms with E-state index in [0.717, 1.165) is 17.1 Å². The van der Waals surface area contributed by atoms with E-state index in [2.05, 4.69) is 9.88 Å². The van der Waals surface area contributed by atoms with Crippen LogP contribution in [-0.2, 0) is 4.74 Å². The van der Waals surface area contributed by atoms with E-state index in [9.17, 15) is 9.59 Å². The minimum Gasteiger partial charge on any atom is -0.444 e. The first kappa shape index (κ1) is 15.8. The number of hydrogen-bond donors (Lipinski definition) is 0. The molecule has 1 aromatic rings. The fraction of sp³-hybridized carbons (Fsp3) is 0.643. The number of aryl methyl sites for hydroxylation is 1. The molecule has 2 heterocycles. The maximum absolute atomic E-state index is 12.0. The number of aromatic nitrogens is 1. The predicted molar refractivity (Wildman–Crippen MR) is 82.3 cm³/mol. The van der Waals surface area contributed by atoms with Crippen LogP contribution in [0.3, 0.4) is 0 Å². The molecule has 2 rings (SSSR count). The normalized spacial score (nSPS) is 16.0. The maximum atomic E-state index is 12.0. The lowest BCUT2D eigenvalue weighted by Gasteiger charge is -2.35. The topological polar surface area (TPSA) is 62.7 Å². The number of nitrogens with zero attached hydrogens (tertiary/aromatic N) is 3. The third kappa shape index (κ3) is 3.93. The van der Waals surface area contributed by atoms with Gasteiger partial charge in [0.15, 0.2) is 11.4 Å². The zero-order valence-corrected chi connectivity index (χ0v) is 13.7. The van der Waals surface area contributed by atoms with E-state index < -0.39 is 5.60 Å². The Morgan fingerprint density at radius 3 is 2.38 bits per heavy atom. The summed E-state index contributed by atoms with van der Waals surface area (Å²) in [7, 11) is 0. The van der Waals surface area contributed by atoms with Gasteiger partial charge in [-0.2, -0.15) is 0 Å². The molecule has 1 saturated heterocycles. The van der Waals surface area contributed by atoms with Gasteiger partial charge in [-0.25, -0.2) is 9.78 Å². The number of carbonyl (C=O) groups is 2. The molecular formula is C14H21N3O3S. The molecule has 7 heteroatoms. The van der Waals surface area contributed by atoms with Crippen molar-refractivity contribution < 1.29 is 14.3 Å². The first-order chi connectivity index (χ1) is 9.80. The van der Waals surface area contributed by atoms with Crippen LogP contribution in [0.5, 0.6) is 0 Å². The highest BCUT2D eigenvalue weighted by Gasteiger charge is 2.27. The average Bonchev–Trinajstić information content (AvgIpc) is 2.78. The summed E-state index contributed by atoms with van der Waals surface area (Å²) in [5.74, 6) is 0. The number of thiazole rings is 1. The highest BCUT2D eigenvalue weighted by Crippen LogP contribution is 2.25. The second-order valence-electron chi connectivity index (χ2n) is 6.02. The van der Waals surface area contributed by atoms with E-state index in [1.165, 1.54) is 11.3 Å². The molecule has 0 saturated carbocycles. The Kier molecular flexibility index (Phi) is 4.51. The van der Waals surface area contributed by atoms with E-state index in [4.69, 9.17) is 4.74 Å². The Morgan fingerprint density at radius 1 is 1.29 bits per heavy atom. The number of amides is 1. The molecule has 0 radical (unpaired) electrons. The largest absolute Gasteiger partial charge is 0.444 e. The average molecular weight is 311 g/mol. The van der Waals surface area contributed by atoms with Gasteiger partial charge in [0.25, 0.3) is 0 Å². The SMILES string of the molecule is Cc1nc(N2CCN(C(=O)OC(C)(C)C)CC2)sc1C=O. The van der Waals surface area contributed by atoms with Crippen molar-refractivity contribution in [2.75, 3.05) is 31.1 Å². The van der Waals surface area contributed by atoms with Crippen LogP contribution in [-0.4, -0.2) is 54.0 Å². The minimum atomic E-state index is -0.473. The monoisotopic (exact) mass is 311 g/mol. The van der Waals surface area contributed by atoms with E-state index in [-0.39, 0.29) is 6.09 Å². The van der Waals surface area contributed by atoms with Crippen molar-refractivity contribution in [3.8, 4) is 0 Å². The van der Waals surface area contributed by atoms with Crippen LogP contribution < -0.4 is 4.90 Å². The van der Waals surface area contributed by atoms with Gasteiger partial charge in [-0.05, 0) is 27.7 Å². The molecule has 21 heavy (non-hydrogen) atoms. The van der Waals surface area contributed by atoms with E-state index >= 15 is 0 Å². The van der Waals surface area contributed by atoms with Gasteiger partial charge < -0.3 is 14.5 Å². The first-order valence-corrected chi connectivity index (χ1v) is 7.77. The van der Waals surface area contributed by atoms with Crippen molar-refractivity contribution in [3.05, 3.63) is 10.6 Å². The number of ether oxygens (including phenoxy) is 1. The fourth-order valence-corrected chi connectivity index (χ4v) is 2.98. The van der Waals surface area contributed by atoms with E-state index in [1.807, 2.05) is 27.7 Å². The van der Waals surface area contributed by atoms with Crippen LogP contribution in [0, 0.1) is 6.92 Å². The van der Waals surface area contributed by atoms with E-state index in [0.29, 0.717) is 31.1 Å². The van der Waals surface area contributed by atoms with Crippen molar-refractivity contribution in [1.82, 2.24) is 9.88 Å². The number of carbonyl (C=O) groups excluding carboxylic acids is 2. The Labute approximate surface area is 128 Å². The molecule has 0 atom stereocenters. The summed E-state index contributed by atoms with van der Waals surface area (Å²) >= 11 is 1.40. The molecule has 0 N–H and O–H groups in total. The first-order valence-electron chi connectivity index (χ1n) is 6.95. The Hall–Kier alpha value is -1.63. The summed E-state index contributed by atoms with van der Waals surface area (Å²) in [5.41, 5.74) is 0.291. The summed E-state index contributed by atoms with van der Waals surface area (Å²) in [5, 5.41) is 0.846. The molecule has 0 bridgehead atoms. The lowest BCUT2D eigenvalue weighted by atomic mass is 10.2. The van der Waals surface area contributed by atoms with Crippen LogP contribution in [0.2, 0.25) is 0 Å². The number of hydrogen-bond acceptors (Lipinski definition) is 6. The summed E-state index contributed by atoms with van der Waals surface area (Å²) in [4.78, 5) is 31.8. The number of aldehydes is 1. The molecular weight excluding hydrogens is 290 g/mol. The second-order valence-corrected chi connectivity index (χ2v) is 7.03. The molecule has 0 unspecified atom stereocenters. The van der Waals surface area contributed by atoms with Gasteiger partial charge in [0.05, 0.1) is 10.6 Å². The Morgan fingerprint density at radius 2 is 1.90 bits per heavy atom. The highest BCUT2D eigenvalue weighted by molar-refractivity contribution is 7.17. The van der Waals surface area contributed by atoms with Crippen molar-refractivity contribution in [3.63, 3.8) is 0 Å². The number of piperazine rings is 1. The number of rotatable bonds is 2. The molecule has 1 aromatic heterocycles. The molecule has 1 aliphatic rings. The quantitative estimate of drug-likeness (QED) is 0.784. The lowest BCUT2D eigenvalue weighted by Crippen LogP contribution is -2.50. The molecule has 0 aromatic carbocycles. The third-order valence-corrected chi connectivity index (χ3v) is 4.27. The summed E-state index contributed by atoms with van der Waals surface area (Å²) in [6.45, 7) is 10.0. The summed E-state index contributed by atoms with van der Waals surface area (Å²) < 4.78 is 5.37. The van der Waals surface area contributed by atoms with Crippen LogP contribution in [0.4, 0.5) is 9.93 Å². The maximum Gasteiger partial charge on any atom is 0.410 e. The molecule has 1 amide bonds. The highest BCUT2D eigenvalue weighted by atomic mass is 32.1. The molecule has 116 valence electrons. The molecule has 1 aliphatic heterocycles. The minimum absolute atomic E-state index is 0.272. The van der Waals surface area contributed by atoms with Crippen molar-refractivity contribution >= 4 is 28.8 Å². The van der Waals surface area contributed by atoms with Crippen molar-refractivity contribution in [2.45, 2.75) is 33.3 Å². The molecule has 6 nitrogen and oxygen atoms in total. The van der Waals surface area contributed by atoms with E-state index in [1.54, 1.807) is 4.90 Å². The van der Waals surface area contributed by atoms with Gasteiger partial charge in [0.1, 0.15) is 5.60 Å². The van der Waals surface area contributed by atoms with Crippen LogP contribution in [0.25, 0.3) is 0 Å². The van der Waals surface area contributed by atoms with Crippen molar-refractivity contribution in [1.29, 1.82) is 0 Å². The molecule has 0 aliphatic carbocycles. The summed E-state index contributed by atoms with van der Waals surface area (Å²) in [6, 6.07) is 0. The van der Waals surface area contributed by atoms with Gasteiger partial charge in [-0.15, -0.1) is 0 Å². The third-order valence-electron chi connectivity index (χ3n) is 3.13. The Balaban J connectivity index is 1.93. The zero-order chi connectivity index (χ0) is 15.6. The predicted octanol–water partition coefficient (Wildman–Crippen LogP) is 2.32. The van der Waals surface area contributed by atoms with Crippen LogP contribution >= 0.6 is 11.3 Å². The zero-order valence-electron chi connectivity index (χ0n) is 12.9. The molecule has 0 spiro atoms. The number of anilines is 1. The van der Waals surface area contributed by atoms with Gasteiger partial charge in [0.2, 0.25) is 0 Å².